The van der Waals surface area contributed by atoms with Crippen LogP contribution in [0.15, 0.2) is 60.8 Å². The van der Waals surface area contributed by atoms with Crippen LogP contribution >= 0.6 is 0 Å². The van der Waals surface area contributed by atoms with Crippen molar-refractivity contribution < 1.29 is 4.79 Å². The van der Waals surface area contributed by atoms with Gasteiger partial charge >= 0.3 is 0 Å². The number of rotatable bonds is 2. The van der Waals surface area contributed by atoms with Gasteiger partial charge in [-0.1, -0.05) is 42.5 Å². The summed E-state index contributed by atoms with van der Waals surface area (Å²) in [6, 6.07) is 18.3. The molecule has 1 aromatic heterocycles. The Bertz CT molecular complexity index is 913. The first-order valence-electron chi connectivity index (χ1n) is 8.92. The lowest BCUT2D eigenvalue weighted by atomic mass is 9.87. The number of para-hydroxylation sites is 1. The summed E-state index contributed by atoms with van der Waals surface area (Å²) >= 11 is 0. The highest BCUT2D eigenvalue weighted by Gasteiger charge is 2.27. The number of piperidine rings is 1. The van der Waals surface area contributed by atoms with Crippen molar-refractivity contribution in [2.45, 2.75) is 25.7 Å². The predicted octanol–water partition coefficient (Wildman–Crippen LogP) is 4.56. The van der Waals surface area contributed by atoms with E-state index in [-0.39, 0.29) is 5.91 Å². The molecule has 0 unspecified atom stereocenters. The van der Waals surface area contributed by atoms with Gasteiger partial charge in [0.15, 0.2) is 0 Å². The maximum atomic E-state index is 13.2. The Kier molecular flexibility index (Phi) is 4.22. The maximum Gasteiger partial charge on any atom is 0.254 e. The van der Waals surface area contributed by atoms with Gasteiger partial charge in [-0.15, -0.1) is 0 Å². The molecule has 1 aliphatic rings. The number of aryl methyl sites for hydroxylation is 1. The van der Waals surface area contributed by atoms with Crippen LogP contribution in [0.25, 0.3) is 10.9 Å². The zero-order chi connectivity index (χ0) is 17.2. The van der Waals surface area contributed by atoms with Gasteiger partial charge in [0.05, 0.1) is 11.1 Å². The summed E-state index contributed by atoms with van der Waals surface area (Å²) in [5.74, 6) is 0.545. The molecule has 0 aliphatic carbocycles. The molecule has 25 heavy (non-hydrogen) atoms. The number of carbonyl (C=O) groups excluding carboxylic acids is 1. The first-order valence-corrected chi connectivity index (χ1v) is 8.92. The Morgan fingerprint density at radius 2 is 1.88 bits per heavy atom. The van der Waals surface area contributed by atoms with E-state index in [1.807, 2.05) is 35.2 Å². The Hall–Kier alpha value is -2.68. The molecule has 1 aliphatic heterocycles. The van der Waals surface area contributed by atoms with Crippen LogP contribution in [-0.2, 0) is 0 Å². The predicted molar refractivity (Wildman–Crippen MR) is 101 cm³/mol. The second-order valence-electron chi connectivity index (χ2n) is 6.82. The standard InChI is InChI=1S/C22H22N2O/c1-16-7-2-3-9-18(16)17-8-6-14-24(15-17)22(25)20-12-13-23-21-11-5-4-10-19(20)21/h2-5,7,9-13,17H,6,8,14-15H2,1H3/t17-/m1/s1. The molecule has 1 amide bonds. The highest BCUT2D eigenvalue weighted by atomic mass is 16.2. The van der Waals surface area contributed by atoms with Crippen LogP contribution in [0.2, 0.25) is 0 Å². The third kappa shape index (κ3) is 3.02. The lowest BCUT2D eigenvalue weighted by molar-refractivity contribution is 0.0709. The van der Waals surface area contributed by atoms with Gasteiger partial charge in [-0.05, 0) is 43.0 Å². The molecule has 0 saturated carbocycles. The summed E-state index contributed by atoms with van der Waals surface area (Å²) in [7, 11) is 0. The van der Waals surface area contributed by atoms with Gasteiger partial charge in [-0.2, -0.15) is 0 Å². The van der Waals surface area contributed by atoms with E-state index in [1.54, 1.807) is 6.20 Å². The second kappa shape index (κ2) is 6.67. The third-order valence-electron chi connectivity index (χ3n) is 5.22. The lowest BCUT2D eigenvalue weighted by Gasteiger charge is -2.34. The molecule has 0 N–H and O–H groups in total. The fourth-order valence-corrected chi connectivity index (χ4v) is 3.91. The molecule has 1 atom stereocenters. The third-order valence-corrected chi connectivity index (χ3v) is 5.22. The second-order valence-corrected chi connectivity index (χ2v) is 6.82. The van der Waals surface area contributed by atoms with E-state index in [9.17, 15) is 4.79 Å². The summed E-state index contributed by atoms with van der Waals surface area (Å²) in [6.07, 6.45) is 3.93. The molecule has 126 valence electrons. The molecule has 2 heterocycles. The van der Waals surface area contributed by atoms with Crippen molar-refractivity contribution in [1.82, 2.24) is 9.88 Å². The minimum Gasteiger partial charge on any atom is -0.338 e. The Balaban J connectivity index is 1.63. The fraction of sp³-hybridized carbons (Fsp3) is 0.273. The molecule has 2 aromatic carbocycles. The Morgan fingerprint density at radius 1 is 1.08 bits per heavy atom. The fourth-order valence-electron chi connectivity index (χ4n) is 3.91. The molecule has 0 radical (unpaired) electrons. The number of fused-ring (bicyclic) bond motifs is 1. The Morgan fingerprint density at radius 3 is 2.76 bits per heavy atom. The van der Waals surface area contributed by atoms with Crippen LogP contribution in [0.4, 0.5) is 0 Å². The van der Waals surface area contributed by atoms with Crippen molar-refractivity contribution >= 4 is 16.8 Å². The highest BCUT2D eigenvalue weighted by Crippen LogP contribution is 2.30. The average molecular weight is 330 g/mol. The molecule has 1 fully saturated rings. The molecule has 4 rings (SSSR count). The normalized spacial score (nSPS) is 17.6. The zero-order valence-electron chi connectivity index (χ0n) is 14.5. The topological polar surface area (TPSA) is 33.2 Å². The first kappa shape index (κ1) is 15.8. The van der Waals surface area contributed by atoms with Crippen molar-refractivity contribution in [3.8, 4) is 0 Å². The first-order chi connectivity index (χ1) is 12.2. The van der Waals surface area contributed by atoms with Crippen LogP contribution in [0.5, 0.6) is 0 Å². The number of aromatic nitrogens is 1. The number of amides is 1. The van der Waals surface area contributed by atoms with Gasteiger partial charge in [0.1, 0.15) is 0 Å². The molecule has 0 bridgehead atoms. The Labute approximate surface area is 148 Å². The minimum absolute atomic E-state index is 0.122. The smallest absolute Gasteiger partial charge is 0.254 e. The van der Waals surface area contributed by atoms with E-state index in [4.69, 9.17) is 0 Å². The number of benzene rings is 2. The average Bonchev–Trinajstić information content (AvgIpc) is 2.67. The molecular weight excluding hydrogens is 308 g/mol. The van der Waals surface area contributed by atoms with E-state index in [0.29, 0.717) is 5.92 Å². The van der Waals surface area contributed by atoms with Crippen LogP contribution < -0.4 is 0 Å². The largest absolute Gasteiger partial charge is 0.338 e. The monoisotopic (exact) mass is 330 g/mol. The molecule has 1 saturated heterocycles. The quantitative estimate of drug-likeness (QED) is 0.690. The van der Waals surface area contributed by atoms with Gasteiger partial charge in [0.2, 0.25) is 0 Å². The van der Waals surface area contributed by atoms with Crippen molar-refractivity contribution in [2.75, 3.05) is 13.1 Å². The van der Waals surface area contributed by atoms with E-state index in [2.05, 4.69) is 36.2 Å². The summed E-state index contributed by atoms with van der Waals surface area (Å²) in [5.41, 5.74) is 4.33. The number of nitrogens with zero attached hydrogens (tertiary/aromatic N) is 2. The summed E-state index contributed by atoms with van der Waals surface area (Å²) in [5, 5.41) is 0.938. The van der Waals surface area contributed by atoms with Gasteiger partial charge < -0.3 is 4.90 Å². The van der Waals surface area contributed by atoms with E-state index < -0.39 is 0 Å². The summed E-state index contributed by atoms with van der Waals surface area (Å²) < 4.78 is 0. The SMILES string of the molecule is Cc1ccccc1[C@@H]1CCCN(C(=O)c2ccnc3ccccc23)C1. The van der Waals surface area contributed by atoms with Crippen LogP contribution in [0.3, 0.4) is 0 Å². The van der Waals surface area contributed by atoms with Gasteiger partial charge in [0, 0.05) is 30.6 Å². The maximum absolute atomic E-state index is 13.2. The molecule has 3 nitrogen and oxygen atoms in total. The molecule has 3 aromatic rings. The highest BCUT2D eigenvalue weighted by molar-refractivity contribution is 6.06. The van der Waals surface area contributed by atoms with Gasteiger partial charge in [-0.3, -0.25) is 9.78 Å². The summed E-state index contributed by atoms with van der Waals surface area (Å²) in [4.78, 5) is 19.6. The zero-order valence-corrected chi connectivity index (χ0v) is 14.5. The van der Waals surface area contributed by atoms with Crippen LogP contribution in [0.1, 0.15) is 40.2 Å². The number of pyridine rings is 1. The molecule has 3 heteroatoms. The number of hydrogen-bond donors (Lipinski definition) is 0. The van der Waals surface area contributed by atoms with Crippen molar-refractivity contribution in [3.05, 3.63) is 77.5 Å². The minimum atomic E-state index is 0.122. The molecule has 0 spiro atoms. The van der Waals surface area contributed by atoms with Crippen LogP contribution in [-0.4, -0.2) is 28.9 Å². The van der Waals surface area contributed by atoms with Crippen molar-refractivity contribution in [3.63, 3.8) is 0 Å². The van der Waals surface area contributed by atoms with E-state index in [1.165, 1.54) is 11.1 Å². The van der Waals surface area contributed by atoms with Crippen molar-refractivity contribution in [2.24, 2.45) is 0 Å². The van der Waals surface area contributed by atoms with Crippen LogP contribution in [0, 0.1) is 6.92 Å². The number of hydrogen-bond acceptors (Lipinski definition) is 2. The van der Waals surface area contributed by atoms with E-state index >= 15 is 0 Å². The summed E-state index contributed by atoms with van der Waals surface area (Å²) in [6.45, 7) is 3.78. The van der Waals surface area contributed by atoms with Gasteiger partial charge in [0.25, 0.3) is 5.91 Å². The molecular formula is C22H22N2O. The number of likely N-dealkylation sites (tertiary alicyclic amines) is 1. The van der Waals surface area contributed by atoms with E-state index in [0.717, 1.165) is 42.4 Å². The number of carbonyl (C=O) groups is 1. The lowest BCUT2D eigenvalue weighted by Crippen LogP contribution is -2.39. The van der Waals surface area contributed by atoms with Gasteiger partial charge in [-0.25, -0.2) is 0 Å². The van der Waals surface area contributed by atoms with Crippen molar-refractivity contribution in [1.29, 1.82) is 0 Å².